The van der Waals surface area contributed by atoms with Crippen molar-refractivity contribution in [3.05, 3.63) is 46.5 Å². The van der Waals surface area contributed by atoms with Crippen LogP contribution in [0.3, 0.4) is 0 Å². The topological polar surface area (TPSA) is 62.6 Å². The zero-order valence-corrected chi connectivity index (χ0v) is 13.0. The van der Waals surface area contributed by atoms with Gasteiger partial charge in [-0.05, 0) is 36.4 Å². The second kappa shape index (κ2) is 6.79. The molecule has 1 saturated heterocycles. The summed E-state index contributed by atoms with van der Waals surface area (Å²) in [4.78, 5) is 27.0. The molecule has 2 amide bonds. The molecule has 0 aromatic carbocycles. The number of amides is 2. The molecule has 2 aromatic heterocycles. The van der Waals surface area contributed by atoms with Gasteiger partial charge in [0, 0.05) is 24.0 Å². The maximum absolute atomic E-state index is 12.1. The normalized spacial score (nSPS) is 15.7. The van der Waals surface area contributed by atoms with Crippen molar-refractivity contribution in [2.45, 2.75) is 25.3 Å². The average Bonchev–Trinajstić information content (AvgIpc) is 3.20. The molecule has 1 fully saturated rings. The highest BCUT2D eigenvalue weighted by molar-refractivity contribution is 7.10. The van der Waals surface area contributed by atoms with Crippen LogP contribution in [0.1, 0.15) is 28.3 Å². The maximum atomic E-state index is 12.1. The monoisotopic (exact) mass is 318 g/mol. The summed E-state index contributed by atoms with van der Waals surface area (Å²) in [6, 6.07) is 7.45. The summed E-state index contributed by atoms with van der Waals surface area (Å²) >= 11 is 1.59. The van der Waals surface area contributed by atoms with Gasteiger partial charge in [0.05, 0.1) is 12.7 Å². The quantitative estimate of drug-likeness (QED) is 0.941. The molecule has 0 bridgehead atoms. The van der Waals surface area contributed by atoms with Crippen molar-refractivity contribution in [1.82, 2.24) is 10.2 Å². The first-order chi connectivity index (χ1) is 10.7. The van der Waals surface area contributed by atoms with E-state index in [0.29, 0.717) is 25.3 Å². The van der Waals surface area contributed by atoms with E-state index in [1.807, 2.05) is 17.5 Å². The molecule has 1 aliphatic rings. The van der Waals surface area contributed by atoms with E-state index >= 15 is 0 Å². The van der Waals surface area contributed by atoms with Gasteiger partial charge >= 0.3 is 0 Å². The van der Waals surface area contributed by atoms with Gasteiger partial charge in [0.15, 0.2) is 5.76 Å². The molecule has 2 aromatic rings. The second-order valence-corrected chi connectivity index (χ2v) is 6.40. The lowest BCUT2D eigenvalue weighted by atomic mass is 10.0. The van der Waals surface area contributed by atoms with Crippen LogP contribution in [0.25, 0.3) is 0 Å². The molecule has 6 heteroatoms. The average molecular weight is 318 g/mol. The van der Waals surface area contributed by atoms with Crippen molar-refractivity contribution >= 4 is 23.2 Å². The fraction of sp³-hybridized carbons (Fsp3) is 0.375. The Hall–Kier alpha value is -2.08. The molecule has 0 spiro atoms. The number of thiophene rings is 1. The molecular weight excluding hydrogens is 300 g/mol. The van der Waals surface area contributed by atoms with E-state index in [-0.39, 0.29) is 17.9 Å². The van der Waals surface area contributed by atoms with Crippen molar-refractivity contribution in [3.63, 3.8) is 0 Å². The molecule has 1 aliphatic heterocycles. The molecule has 22 heavy (non-hydrogen) atoms. The van der Waals surface area contributed by atoms with Crippen LogP contribution in [-0.4, -0.2) is 35.8 Å². The van der Waals surface area contributed by atoms with Crippen LogP contribution < -0.4 is 5.32 Å². The van der Waals surface area contributed by atoms with E-state index in [4.69, 9.17) is 4.42 Å². The number of piperidine rings is 1. The fourth-order valence-corrected chi connectivity index (χ4v) is 3.34. The second-order valence-electron chi connectivity index (χ2n) is 5.37. The zero-order valence-electron chi connectivity index (χ0n) is 12.2. The van der Waals surface area contributed by atoms with Gasteiger partial charge in [-0.3, -0.25) is 9.59 Å². The molecule has 0 unspecified atom stereocenters. The molecule has 0 atom stereocenters. The summed E-state index contributed by atoms with van der Waals surface area (Å²) in [5.41, 5.74) is 0. The number of carbonyl (C=O) groups excluding carboxylic acids is 2. The van der Waals surface area contributed by atoms with Gasteiger partial charge in [0.2, 0.25) is 5.91 Å². The third kappa shape index (κ3) is 3.57. The number of nitrogens with zero attached hydrogens (tertiary/aromatic N) is 1. The van der Waals surface area contributed by atoms with Gasteiger partial charge in [-0.2, -0.15) is 0 Å². The van der Waals surface area contributed by atoms with Crippen LogP contribution in [-0.2, 0) is 11.2 Å². The summed E-state index contributed by atoms with van der Waals surface area (Å²) in [7, 11) is 0. The Morgan fingerprint density at radius 2 is 2.09 bits per heavy atom. The Kier molecular flexibility index (Phi) is 4.58. The van der Waals surface area contributed by atoms with E-state index in [0.717, 1.165) is 17.7 Å². The number of likely N-dealkylation sites (tertiary alicyclic amines) is 1. The minimum atomic E-state index is -0.0756. The van der Waals surface area contributed by atoms with E-state index < -0.39 is 0 Å². The lowest BCUT2D eigenvalue weighted by Crippen LogP contribution is -2.46. The van der Waals surface area contributed by atoms with Crippen molar-refractivity contribution in [2.24, 2.45) is 0 Å². The first-order valence-electron chi connectivity index (χ1n) is 7.37. The van der Waals surface area contributed by atoms with Crippen LogP contribution in [0.15, 0.2) is 40.3 Å². The van der Waals surface area contributed by atoms with Crippen LogP contribution in [0.5, 0.6) is 0 Å². The van der Waals surface area contributed by atoms with Crippen LogP contribution in [0.4, 0.5) is 0 Å². The summed E-state index contributed by atoms with van der Waals surface area (Å²) in [5, 5.41) is 5.03. The van der Waals surface area contributed by atoms with E-state index in [9.17, 15) is 9.59 Å². The highest BCUT2D eigenvalue weighted by atomic mass is 32.1. The van der Waals surface area contributed by atoms with Crippen molar-refractivity contribution in [2.75, 3.05) is 13.1 Å². The summed E-state index contributed by atoms with van der Waals surface area (Å²) < 4.78 is 5.14. The van der Waals surface area contributed by atoms with E-state index in [1.54, 1.807) is 28.4 Å². The maximum Gasteiger partial charge on any atom is 0.289 e. The Bertz CT molecular complexity index is 614. The van der Waals surface area contributed by atoms with Crippen LogP contribution in [0, 0.1) is 0 Å². The van der Waals surface area contributed by atoms with E-state index in [2.05, 4.69) is 5.32 Å². The fourth-order valence-electron chi connectivity index (χ4n) is 2.63. The van der Waals surface area contributed by atoms with Gasteiger partial charge in [-0.15, -0.1) is 11.3 Å². The molecule has 5 nitrogen and oxygen atoms in total. The Balaban J connectivity index is 1.45. The highest BCUT2D eigenvalue weighted by Gasteiger charge is 2.25. The number of furan rings is 1. The first-order valence-corrected chi connectivity index (χ1v) is 8.25. The molecule has 0 radical (unpaired) electrons. The lowest BCUT2D eigenvalue weighted by molar-refractivity contribution is -0.121. The first kappa shape index (κ1) is 14.8. The highest BCUT2D eigenvalue weighted by Crippen LogP contribution is 2.15. The molecular formula is C16H18N2O3S. The molecule has 116 valence electrons. The number of hydrogen-bond donors (Lipinski definition) is 1. The summed E-state index contributed by atoms with van der Waals surface area (Å²) in [6.07, 6.45) is 3.50. The number of rotatable bonds is 4. The van der Waals surface area contributed by atoms with Gasteiger partial charge in [-0.1, -0.05) is 6.07 Å². The van der Waals surface area contributed by atoms with Crippen molar-refractivity contribution < 1.29 is 14.0 Å². The van der Waals surface area contributed by atoms with E-state index in [1.165, 1.54) is 6.26 Å². The van der Waals surface area contributed by atoms with Gasteiger partial charge in [0.25, 0.3) is 5.91 Å². The SMILES string of the molecule is O=C(Cc1cccs1)NC1CCN(C(=O)c2ccco2)CC1. The molecule has 3 heterocycles. The van der Waals surface area contributed by atoms with Crippen molar-refractivity contribution in [1.29, 1.82) is 0 Å². The van der Waals surface area contributed by atoms with Crippen LogP contribution in [0.2, 0.25) is 0 Å². The van der Waals surface area contributed by atoms with Crippen LogP contribution >= 0.6 is 11.3 Å². The number of hydrogen-bond acceptors (Lipinski definition) is 4. The Labute approximate surface area is 132 Å². The number of carbonyl (C=O) groups is 2. The standard InChI is InChI=1S/C16H18N2O3S/c19-15(11-13-3-2-10-22-13)17-12-5-7-18(8-6-12)16(20)14-4-1-9-21-14/h1-4,9-10,12H,5-8,11H2,(H,17,19). The predicted molar refractivity (Wildman–Crippen MR) is 83.8 cm³/mol. The molecule has 3 rings (SSSR count). The summed E-state index contributed by atoms with van der Waals surface area (Å²) in [5.74, 6) is 0.354. The summed E-state index contributed by atoms with van der Waals surface area (Å²) in [6.45, 7) is 1.28. The van der Waals surface area contributed by atoms with Gasteiger partial charge < -0.3 is 14.6 Å². The predicted octanol–water partition coefficient (Wildman–Crippen LogP) is 2.30. The molecule has 1 N–H and O–H groups in total. The third-order valence-corrected chi connectivity index (χ3v) is 4.67. The minimum Gasteiger partial charge on any atom is -0.459 e. The Morgan fingerprint density at radius 3 is 2.73 bits per heavy atom. The molecule has 0 aliphatic carbocycles. The molecule has 0 saturated carbocycles. The smallest absolute Gasteiger partial charge is 0.289 e. The number of nitrogens with one attached hydrogen (secondary N) is 1. The van der Waals surface area contributed by atoms with Gasteiger partial charge in [0.1, 0.15) is 0 Å². The minimum absolute atomic E-state index is 0.0539. The van der Waals surface area contributed by atoms with Crippen molar-refractivity contribution in [3.8, 4) is 0 Å². The third-order valence-electron chi connectivity index (χ3n) is 3.79. The Morgan fingerprint density at radius 1 is 1.27 bits per heavy atom. The zero-order chi connectivity index (χ0) is 15.4. The lowest BCUT2D eigenvalue weighted by Gasteiger charge is -2.31. The van der Waals surface area contributed by atoms with Gasteiger partial charge in [-0.25, -0.2) is 0 Å². The largest absolute Gasteiger partial charge is 0.459 e.